The molecule has 0 aliphatic rings. The molecule has 8 nitrogen and oxygen atoms in total. The molecule has 190 valence electrons. The van der Waals surface area contributed by atoms with Crippen molar-refractivity contribution in [2.45, 2.75) is 13.3 Å². The molecule has 0 unspecified atom stereocenters. The van der Waals surface area contributed by atoms with Crippen LogP contribution >= 0.6 is 11.6 Å². The van der Waals surface area contributed by atoms with Gasteiger partial charge < -0.3 is 20.3 Å². The third-order valence-corrected chi connectivity index (χ3v) is 5.81. The Morgan fingerprint density at radius 1 is 0.973 bits per heavy atom. The summed E-state index contributed by atoms with van der Waals surface area (Å²) in [6.45, 7) is 2.23. The molecule has 0 spiro atoms. The highest BCUT2D eigenvalue weighted by Crippen LogP contribution is 2.25. The number of ether oxygens (including phenoxy) is 1. The SMILES string of the molecule is CCCN(CC(=O)Nc1cc(-c2ccccc2)nn1-c1ccc(Cl)cc1)C(=O)Nc1cccc(OC)c1. The third kappa shape index (κ3) is 6.68. The molecular formula is C28H28ClN5O3. The molecule has 3 amide bonds. The predicted octanol–water partition coefficient (Wildman–Crippen LogP) is 6.08. The fourth-order valence-corrected chi connectivity index (χ4v) is 3.91. The number of benzene rings is 3. The first-order valence-electron chi connectivity index (χ1n) is 11.9. The van der Waals surface area contributed by atoms with Gasteiger partial charge in [-0.2, -0.15) is 5.10 Å². The van der Waals surface area contributed by atoms with Gasteiger partial charge in [-0.05, 0) is 42.8 Å². The number of hydrogen-bond acceptors (Lipinski definition) is 4. The molecule has 2 N–H and O–H groups in total. The van der Waals surface area contributed by atoms with Gasteiger partial charge in [0.25, 0.3) is 0 Å². The molecule has 4 aromatic rings. The average Bonchev–Trinajstić information content (AvgIpc) is 3.33. The summed E-state index contributed by atoms with van der Waals surface area (Å²) in [4.78, 5) is 27.6. The van der Waals surface area contributed by atoms with Crippen LogP contribution in [0.25, 0.3) is 16.9 Å². The predicted molar refractivity (Wildman–Crippen MR) is 147 cm³/mol. The van der Waals surface area contributed by atoms with E-state index in [1.165, 1.54) is 4.90 Å². The van der Waals surface area contributed by atoms with Crippen LogP contribution in [0, 0.1) is 0 Å². The van der Waals surface area contributed by atoms with E-state index in [9.17, 15) is 9.59 Å². The molecule has 4 rings (SSSR count). The summed E-state index contributed by atoms with van der Waals surface area (Å²) in [6.07, 6.45) is 0.694. The van der Waals surface area contributed by atoms with Crippen molar-refractivity contribution in [2.24, 2.45) is 0 Å². The van der Waals surface area contributed by atoms with Crippen molar-refractivity contribution < 1.29 is 14.3 Å². The number of nitrogens with one attached hydrogen (secondary N) is 2. The van der Waals surface area contributed by atoms with E-state index in [-0.39, 0.29) is 18.5 Å². The van der Waals surface area contributed by atoms with Crippen LogP contribution in [0.4, 0.5) is 16.3 Å². The van der Waals surface area contributed by atoms with Crippen molar-refractivity contribution >= 4 is 35.0 Å². The van der Waals surface area contributed by atoms with E-state index in [2.05, 4.69) is 10.6 Å². The fraction of sp³-hybridized carbons (Fsp3) is 0.179. The van der Waals surface area contributed by atoms with Crippen LogP contribution in [0.3, 0.4) is 0 Å². The monoisotopic (exact) mass is 517 g/mol. The van der Waals surface area contributed by atoms with Crippen molar-refractivity contribution in [2.75, 3.05) is 30.8 Å². The zero-order valence-electron chi connectivity index (χ0n) is 20.6. The fourth-order valence-electron chi connectivity index (χ4n) is 3.78. The van der Waals surface area contributed by atoms with Crippen molar-refractivity contribution in [3.05, 3.63) is 90.0 Å². The van der Waals surface area contributed by atoms with Crippen LogP contribution in [-0.4, -0.2) is 46.8 Å². The number of nitrogens with zero attached hydrogens (tertiary/aromatic N) is 3. The van der Waals surface area contributed by atoms with Gasteiger partial charge in [0, 0.05) is 35.0 Å². The Balaban J connectivity index is 1.54. The minimum Gasteiger partial charge on any atom is -0.497 e. The van der Waals surface area contributed by atoms with Crippen LogP contribution in [0.2, 0.25) is 5.02 Å². The molecule has 0 saturated carbocycles. The molecule has 0 bridgehead atoms. The third-order valence-electron chi connectivity index (χ3n) is 5.55. The number of carbonyl (C=O) groups is 2. The van der Waals surface area contributed by atoms with Gasteiger partial charge in [-0.3, -0.25) is 4.79 Å². The summed E-state index contributed by atoms with van der Waals surface area (Å²) < 4.78 is 6.87. The molecule has 3 aromatic carbocycles. The molecule has 0 aliphatic heterocycles. The number of rotatable bonds is 9. The lowest BCUT2D eigenvalue weighted by Gasteiger charge is -2.22. The highest BCUT2D eigenvalue weighted by atomic mass is 35.5. The van der Waals surface area contributed by atoms with E-state index >= 15 is 0 Å². The number of anilines is 2. The number of amides is 3. The van der Waals surface area contributed by atoms with Crippen LogP contribution in [0.15, 0.2) is 84.9 Å². The first-order valence-corrected chi connectivity index (χ1v) is 12.3. The number of halogens is 1. The standard InChI is InChI=1S/C28H28ClN5O3/c1-3-16-33(28(36)30-22-10-7-11-24(17-22)37-2)19-27(35)31-26-18-25(20-8-5-4-6-9-20)32-34(26)23-14-12-21(29)13-15-23/h4-15,17-18H,3,16,19H2,1-2H3,(H,30,36)(H,31,35). The van der Waals surface area contributed by atoms with Crippen LogP contribution < -0.4 is 15.4 Å². The minimum absolute atomic E-state index is 0.129. The molecular weight excluding hydrogens is 490 g/mol. The highest BCUT2D eigenvalue weighted by Gasteiger charge is 2.19. The Morgan fingerprint density at radius 3 is 2.43 bits per heavy atom. The summed E-state index contributed by atoms with van der Waals surface area (Å²) >= 11 is 6.07. The lowest BCUT2D eigenvalue weighted by molar-refractivity contribution is -0.116. The minimum atomic E-state index is -0.374. The Bertz CT molecular complexity index is 1360. The molecule has 0 fully saturated rings. The molecule has 0 radical (unpaired) electrons. The van der Waals surface area contributed by atoms with E-state index < -0.39 is 0 Å². The second-order valence-corrected chi connectivity index (χ2v) is 8.74. The second-order valence-electron chi connectivity index (χ2n) is 8.30. The molecule has 9 heteroatoms. The molecule has 1 aromatic heterocycles. The number of aromatic nitrogens is 2. The zero-order valence-corrected chi connectivity index (χ0v) is 21.4. The number of urea groups is 1. The number of methoxy groups -OCH3 is 1. The van der Waals surface area contributed by atoms with E-state index in [0.29, 0.717) is 40.9 Å². The molecule has 0 saturated heterocycles. The number of hydrogen-bond donors (Lipinski definition) is 2. The van der Waals surface area contributed by atoms with Crippen molar-refractivity contribution in [1.29, 1.82) is 0 Å². The van der Waals surface area contributed by atoms with E-state index in [4.69, 9.17) is 21.4 Å². The summed E-state index contributed by atoms with van der Waals surface area (Å²) in [5.41, 5.74) is 2.94. The van der Waals surface area contributed by atoms with Gasteiger partial charge >= 0.3 is 6.03 Å². The summed E-state index contributed by atoms with van der Waals surface area (Å²) in [5.74, 6) is 0.766. The maximum Gasteiger partial charge on any atom is 0.322 e. The van der Waals surface area contributed by atoms with Crippen LogP contribution in [-0.2, 0) is 4.79 Å². The van der Waals surface area contributed by atoms with Gasteiger partial charge in [0.05, 0.1) is 18.5 Å². The topological polar surface area (TPSA) is 88.5 Å². The zero-order chi connectivity index (χ0) is 26.2. The van der Waals surface area contributed by atoms with Crippen LogP contribution in [0.1, 0.15) is 13.3 Å². The smallest absolute Gasteiger partial charge is 0.322 e. The normalized spacial score (nSPS) is 10.6. The van der Waals surface area contributed by atoms with E-state index in [0.717, 1.165) is 11.3 Å². The quantitative estimate of drug-likeness (QED) is 0.281. The van der Waals surface area contributed by atoms with Gasteiger partial charge in [0.15, 0.2) is 0 Å². The lowest BCUT2D eigenvalue weighted by atomic mass is 10.1. The summed E-state index contributed by atoms with van der Waals surface area (Å²) in [7, 11) is 1.56. The van der Waals surface area contributed by atoms with Crippen LogP contribution in [0.5, 0.6) is 5.75 Å². The maximum atomic E-state index is 13.1. The van der Waals surface area contributed by atoms with Gasteiger partial charge in [-0.25, -0.2) is 9.48 Å². The summed E-state index contributed by atoms with van der Waals surface area (Å²) in [5, 5.41) is 11.1. The second kappa shape index (κ2) is 12.1. The summed E-state index contributed by atoms with van der Waals surface area (Å²) in [6, 6.07) is 25.4. The first kappa shape index (κ1) is 25.8. The van der Waals surface area contributed by atoms with Crippen molar-refractivity contribution in [1.82, 2.24) is 14.7 Å². The molecule has 0 atom stereocenters. The van der Waals surface area contributed by atoms with Crippen molar-refractivity contribution in [3.63, 3.8) is 0 Å². The maximum absolute atomic E-state index is 13.1. The Kier molecular flexibility index (Phi) is 8.43. The Hall–Kier alpha value is -4.30. The largest absolute Gasteiger partial charge is 0.497 e. The Labute approximate surface area is 220 Å². The average molecular weight is 518 g/mol. The van der Waals surface area contributed by atoms with Gasteiger partial charge in [-0.1, -0.05) is 54.9 Å². The number of carbonyl (C=O) groups excluding carboxylic acids is 2. The molecule has 37 heavy (non-hydrogen) atoms. The highest BCUT2D eigenvalue weighted by molar-refractivity contribution is 6.30. The van der Waals surface area contributed by atoms with Gasteiger partial charge in [-0.15, -0.1) is 0 Å². The molecule has 0 aliphatic carbocycles. The van der Waals surface area contributed by atoms with Crippen molar-refractivity contribution in [3.8, 4) is 22.7 Å². The van der Waals surface area contributed by atoms with E-state index in [1.54, 1.807) is 48.2 Å². The van der Waals surface area contributed by atoms with E-state index in [1.807, 2.05) is 55.5 Å². The molecule has 1 heterocycles. The van der Waals surface area contributed by atoms with Gasteiger partial charge in [0.1, 0.15) is 18.1 Å². The van der Waals surface area contributed by atoms with Gasteiger partial charge in [0.2, 0.25) is 5.91 Å². The Morgan fingerprint density at radius 2 is 1.73 bits per heavy atom. The first-order chi connectivity index (χ1) is 18.0. The lowest BCUT2D eigenvalue weighted by Crippen LogP contribution is -2.41.